The molecule has 1 aromatic rings. The van der Waals surface area contributed by atoms with E-state index in [1.165, 1.54) is 72.7 Å². The van der Waals surface area contributed by atoms with Gasteiger partial charge >= 0.3 is 0 Å². The highest BCUT2D eigenvalue weighted by Crippen LogP contribution is 2.40. The highest BCUT2D eigenvalue weighted by molar-refractivity contribution is 8.03. The van der Waals surface area contributed by atoms with Gasteiger partial charge in [0.25, 0.3) is 0 Å². The van der Waals surface area contributed by atoms with Crippen LogP contribution >= 0.6 is 11.8 Å². The first-order valence-electron chi connectivity index (χ1n) is 11.9. The van der Waals surface area contributed by atoms with Gasteiger partial charge in [-0.15, -0.1) is 11.8 Å². The van der Waals surface area contributed by atoms with Crippen molar-refractivity contribution in [2.24, 2.45) is 0 Å². The summed E-state index contributed by atoms with van der Waals surface area (Å²) in [5, 5.41) is 0. The van der Waals surface area contributed by atoms with Crippen molar-refractivity contribution in [3.8, 4) is 0 Å². The Bertz CT molecular complexity index is 783. The molecule has 3 nitrogen and oxygen atoms in total. The van der Waals surface area contributed by atoms with Gasteiger partial charge in [-0.1, -0.05) is 44.5 Å². The topological polar surface area (TPSA) is 9.72 Å². The Labute approximate surface area is 187 Å². The quantitative estimate of drug-likeness (QED) is 0.513. The summed E-state index contributed by atoms with van der Waals surface area (Å²) in [6, 6.07) is 9.28. The predicted octanol–water partition coefficient (Wildman–Crippen LogP) is 5.58. The number of likely N-dealkylation sites (tertiary alicyclic amines) is 1. The van der Waals surface area contributed by atoms with Crippen molar-refractivity contribution in [2.75, 3.05) is 45.0 Å². The van der Waals surface area contributed by atoms with E-state index >= 15 is 0 Å². The second-order valence-corrected chi connectivity index (χ2v) is 9.61. The molecule has 30 heavy (non-hydrogen) atoms. The summed E-state index contributed by atoms with van der Waals surface area (Å²) in [4.78, 5) is 9.15. The lowest BCUT2D eigenvalue weighted by atomic mass is 10.0. The summed E-state index contributed by atoms with van der Waals surface area (Å²) >= 11 is 1.97. The molecule has 3 aliphatic rings. The SMILES string of the molecule is CCN(CC)Cc1ccc(C2=CC=C3SCC=C3N2CCCN2CCCCC2)cc1. The van der Waals surface area contributed by atoms with Gasteiger partial charge in [0.15, 0.2) is 0 Å². The number of fused-ring (bicyclic) bond motifs is 1. The number of thioether (sulfide) groups is 1. The Kier molecular flexibility index (Phi) is 7.75. The summed E-state index contributed by atoms with van der Waals surface area (Å²) < 4.78 is 0. The summed E-state index contributed by atoms with van der Waals surface area (Å²) in [6.07, 6.45) is 12.5. The van der Waals surface area contributed by atoms with Crippen LogP contribution in [0.2, 0.25) is 0 Å². The second kappa shape index (κ2) is 10.7. The molecule has 0 N–H and O–H groups in total. The van der Waals surface area contributed by atoms with E-state index in [0.29, 0.717) is 0 Å². The highest BCUT2D eigenvalue weighted by Gasteiger charge is 2.25. The molecule has 162 valence electrons. The van der Waals surface area contributed by atoms with E-state index in [1.807, 2.05) is 11.8 Å². The van der Waals surface area contributed by atoms with E-state index < -0.39 is 0 Å². The molecule has 0 aliphatic carbocycles. The Morgan fingerprint density at radius 1 is 0.900 bits per heavy atom. The Morgan fingerprint density at radius 2 is 1.67 bits per heavy atom. The number of rotatable bonds is 9. The molecule has 3 aliphatic heterocycles. The van der Waals surface area contributed by atoms with Gasteiger partial charge < -0.3 is 9.80 Å². The lowest BCUT2D eigenvalue weighted by Crippen LogP contribution is -2.33. The van der Waals surface area contributed by atoms with Crippen molar-refractivity contribution in [1.29, 1.82) is 0 Å². The summed E-state index contributed by atoms with van der Waals surface area (Å²) in [5.74, 6) is 1.10. The molecular formula is C26H37N3S. The zero-order valence-corrected chi connectivity index (χ0v) is 19.6. The van der Waals surface area contributed by atoms with Crippen molar-refractivity contribution >= 4 is 17.5 Å². The molecule has 1 fully saturated rings. The van der Waals surface area contributed by atoms with Gasteiger partial charge in [0, 0.05) is 29.4 Å². The van der Waals surface area contributed by atoms with Crippen LogP contribution in [0.4, 0.5) is 0 Å². The smallest absolute Gasteiger partial charge is 0.0517 e. The molecule has 0 amide bonds. The maximum atomic E-state index is 2.66. The van der Waals surface area contributed by atoms with Crippen LogP contribution in [0.5, 0.6) is 0 Å². The maximum Gasteiger partial charge on any atom is 0.0517 e. The lowest BCUT2D eigenvalue weighted by Gasteiger charge is -2.33. The van der Waals surface area contributed by atoms with Crippen molar-refractivity contribution in [2.45, 2.75) is 46.1 Å². The maximum absolute atomic E-state index is 2.66. The van der Waals surface area contributed by atoms with Gasteiger partial charge in [0.2, 0.25) is 0 Å². The Morgan fingerprint density at radius 3 is 2.40 bits per heavy atom. The van der Waals surface area contributed by atoms with Gasteiger partial charge in [-0.3, -0.25) is 4.90 Å². The summed E-state index contributed by atoms with van der Waals surface area (Å²) in [6.45, 7) is 12.6. The molecule has 1 aromatic carbocycles. The molecule has 4 rings (SSSR count). The first-order chi connectivity index (χ1) is 14.8. The third kappa shape index (κ3) is 5.22. The van der Waals surface area contributed by atoms with Crippen LogP contribution in [-0.4, -0.2) is 59.7 Å². The van der Waals surface area contributed by atoms with Crippen molar-refractivity contribution in [3.05, 3.63) is 64.2 Å². The average Bonchev–Trinajstić information content (AvgIpc) is 3.28. The number of nitrogens with zero attached hydrogens (tertiary/aromatic N) is 3. The third-order valence-corrected chi connectivity index (χ3v) is 7.59. The van der Waals surface area contributed by atoms with Crippen LogP contribution in [0.25, 0.3) is 5.70 Å². The normalized spacial score (nSPS) is 19.6. The van der Waals surface area contributed by atoms with E-state index in [4.69, 9.17) is 0 Å². The lowest BCUT2D eigenvalue weighted by molar-refractivity contribution is 0.221. The molecule has 0 aromatic heterocycles. The molecule has 0 atom stereocenters. The average molecular weight is 424 g/mol. The van der Waals surface area contributed by atoms with Crippen LogP contribution < -0.4 is 0 Å². The fourth-order valence-corrected chi connectivity index (χ4v) is 5.68. The van der Waals surface area contributed by atoms with E-state index in [9.17, 15) is 0 Å². The summed E-state index contributed by atoms with van der Waals surface area (Å²) in [5.41, 5.74) is 5.54. The van der Waals surface area contributed by atoms with Gasteiger partial charge in [-0.05, 0) is 81.3 Å². The first kappa shape index (κ1) is 21.7. The molecular weight excluding hydrogens is 386 g/mol. The Balaban J connectivity index is 1.45. The van der Waals surface area contributed by atoms with E-state index in [1.54, 1.807) is 0 Å². The fourth-order valence-electron chi connectivity index (χ4n) is 4.75. The molecule has 3 heterocycles. The van der Waals surface area contributed by atoms with Gasteiger partial charge in [0.1, 0.15) is 0 Å². The monoisotopic (exact) mass is 423 g/mol. The molecule has 0 spiro atoms. The van der Waals surface area contributed by atoms with E-state index in [-0.39, 0.29) is 0 Å². The molecule has 4 heteroatoms. The standard InChI is InChI=1S/C26H37N3S/c1-3-27(4-2)21-22-9-11-23(12-10-22)24-13-14-26-25(15-20-30-26)29(24)19-8-18-28-16-6-5-7-17-28/h9-15H,3-8,16-21H2,1-2H3. The van der Waals surface area contributed by atoms with Crippen molar-refractivity contribution < 1.29 is 0 Å². The van der Waals surface area contributed by atoms with Gasteiger partial charge in [-0.25, -0.2) is 0 Å². The highest BCUT2D eigenvalue weighted by atomic mass is 32.2. The molecule has 1 saturated heterocycles. The van der Waals surface area contributed by atoms with Crippen molar-refractivity contribution in [1.82, 2.24) is 14.7 Å². The number of benzene rings is 1. The third-order valence-electron chi connectivity index (χ3n) is 6.60. The molecule has 0 saturated carbocycles. The van der Waals surface area contributed by atoms with E-state index in [0.717, 1.165) is 31.9 Å². The van der Waals surface area contributed by atoms with Crippen LogP contribution in [0.15, 0.2) is 53.1 Å². The van der Waals surface area contributed by atoms with Crippen LogP contribution in [0.3, 0.4) is 0 Å². The number of allylic oxidation sites excluding steroid dienone is 2. The molecule has 0 radical (unpaired) electrons. The van der Waals surface area contributed by atoms with Crippen LogP contribution in [0, 0.1) is 0 Å². The minimum Gasteiger partial charge on any atom is -0.340 e. The van der Waals surface area contributed by atoms with Gasteiger partial charge in [0.05, 0.1) is 5.70 Å². The minimum absolute atomic E-state index is 1.04. The number of piperidine rings is 1. The molecule has 0 bridgehead atoms. The van der Waals surface area contributed by atoms with E-state index in [2.05, 4.69) is 71.0 Å². The largest absolute Gasteiger partial charge is 0.340 e. The predicted molar refractivity (Wildman–Crippen MR) is 131 cm³/mol. The van der Waals surface area contributed by atoms with Crippen molar-refractivity contribution in [3.63, 3.8) is 0 Å². The fraction of sp³-hybridized carbons (Fsp3) is 0.538. The molecule has 0 unspecified atom stereocenters. The number of hydrogen-bond donors (Lipinski definition) is 0. The summed E-state index contributed by atoms with van der Waals surface area (Å²) in [7, 11) is 0. The minimum atomic E-state index is 1.04. The Hall–Kier alpha value is -1.49. The first-order valence-corrected chi connectivity index (χ1v) is 12.8. The van der Waals surface area contributed by atoms with Gasteiger partial charge in [-0.2, -0.15) is 0 Å². The van der Waals surface area contributed by atoms with Crippen LogP contribution in [-0.2, 0) is 6.54 Å². The second-order valence-electron chi connectivity index (χ2n) is 8.55. The zero-order valence-electron chi connectivity index (χ0n) is 18.8. The zero-order chi connectivity index (χ0) is 20.8. The number of hydrogen-bond acceptors (Lipinski definition) is 4. The van der Waals surface area contributed by atoms with Crippen LogP contribution in [0.1, 0.15) is 50.7 Å².